The SMILES string of the molecule is Cc1cc(Cl)nc(NC(=O)c2c(C)cccc2N)n1. The fourth-order valence-electron chi connectivity index (χ4n) is 1.75. The van der Waals surface area contributed by atoms with Crippen molar-refractivity contribution in [1.82, 2.24) is 9.97 Å². The molecule has 6 heteroatoms. The quantitative estimate of drug-likeness (QED) is 0.652. The maximum atomic E-state index is 12.2. The molecule has 1 aromatic heterocycles. The molecule has 1 amide bonds. The van der Waals surface area contributed by atoms with Gasteiger partial charge in [0.05, 0.1) is 5.56 Å². The van der Waals surface area contributed by atoms with E-state index in [4.69, 9.17) is 17.3 Å². The Kier molecular flexibility index (Phi) is 3.66. The van der Waals surface area contributed by atoms with Gasteiger partial charge in [0.15, 0.2) is 0 Å². The van der Waals surface area contributed by atoms with Crippen molar-refractivity contribution in [3.63, 3.8) is 0 Å². The van der Waals surface area contributed by atoms with Gasteiger partial charge in [-0.2, -0.15) is 0 Å². The topological polar surface area (TPSA) is 80.9 Å². The number of benzene rings is 1. The third-order valence-corrected chi connectivity index (χ3v) is 2.77. The van der Waals surface area contributed by atoms with Crippen LogP contribution in [0.5, 0.6) is 0 Å². The van der Waals surface area contributed by atoms with Crippen molar-refractivity contribution in [2.45, 2.75) is 13.8 Å². The summed E-state index contributed by atoms with van der Waals surface area (Å²) in [7, 11) is 0. The number of amides is 1. The number of anilines is 2. The van der Waals surface area contributed by atoms with Crippen molar-refractivity contribution in [2.24, 2.45) is 0 Å². The van der Waals surface area contributed by atoms with E-state index in [1.54, 1.807) is 25.1 Å². The predicted octanol–water partition coefficient (Wildman–Crippen LogP) is 2.58. The molecule has 0 unspecified atom stereocenters. The van der Waals surface area contributed by atoms with Crippen molar-refractivity contribution in [3.05, 3.63) is 46.2 Å². The molecule has 0 saturated carbocycles. The first kappa shape index (κ1) is 13.3. The summed E-state index contributed by atoms with van der Waals surface area (Å²) in [6, 6.07) is 6.89. The fraction of sp³-hybridized carbons (Fsp3) is 0.154. The third kappa shape index (κ3) is 3.00. The van der Waals surface area contributed by atoms with Crippen LogP contribution in [-0.4, -0.2) is 15.9 Å². The minimum absolute atomic E-state index is 0.164. The van der Waals surface area contributed by atoms with Crippen molar-refractivity contribution >= 4 is 29.1 Å². The average Bonchev–Trinajstić information content (AvgIpc) is 2.26. The zero-order valence-corrected chi connectivity index (χ0v) is 11.3. The highest BCUT2D eigenvalue weighted by Crippen LogP contribution is 2.18. The van der Waals surface area contributed by atoms with Crippen LogP contribution in [0.2, 0.25) is 5.15 Å². The van der Waals surface area contributed by atoms with Crippen LogP contribution in [0.25, 0.3) is 0 Å². The number of nitrogen functional groups attached to an aromatic ring is 1. The number of rotatable bonds is 2. The molecule has 0 aliphatic heterocycles. The van der Waals surface area contributed by atoms with E-state index in [1.807, 2.05) is 13.0 Å². The van der Waals surface area contributed by atoms with E-state index >= 15 is 0 Å². The summed E-state index contributed by atoms with van der Waals surface area (Å²) in [6.45, 7) is 3.58. The lowest BCUT2D eigenvalue weighted by molar-refractivity contribution is 0.102. The van der Waals surface area contributed by atoms with E-state index in [0.717, 1.165) is 5.56 Å². The van der Waals surface area contributed by atoms with Gasteiger partial charge in [0.1, 0.15) is 5.15 Å². The molecule has 1 heterocycles. The predicted molar refractivity (Wildman–Crippen MR) is 75.3 cm³/mol. The van der Waals surface area contributed by atoms with Crippen LogP contribution >= 0.6 is 11.6 Å². The smallest absolute Gasteiger partial charge is 0.260 e. The highest BCUT2D eigenvalue weighted by Gasteiger charge is 2.14. The van der Waals surface area contributed by atoms with Crippen LogP contribution in [0.1, 0.15) is 21.6 Å². The number of hydrogen-bond acceptors (Lipinski definition) is 4. The molecule has 3 N–H and O–H groups in total. The van der Waals surface area contributed by atoms with Gasteiger partial charge in [-0.15, -0.1) is 0 Å². The van der Waals surface area contributed by atoms with Crippen LogP contribution in [0.4, 0.5) is 11.6 Å². The lowest BCUT2D eigenvalue weighted by atomic mass is 10.1. The van der Waals surface area contributed by atoms with Gasteiger partial charge < -0.3 is 5.73 Å². The average molecular weight is 277 g/mol. The normalized spacial score (nSPS) is 10.3. The maximum Gasteiger partial charge on any atom is 0.260 e. The summed E-state index contributed by atoms with van der Waals surface area (Å²) in [6.07, 6.45) is 0. The molecule has 19 heavy (non-hydrogen) atoms. The Bertz CT molecular complexity index is 602. The van der Waals surface area contributed by atoms with Gasteiger partial charge in [0, 0.05) is 11.4 Å². The number of carbonyl (C=O) groups is 1. The molecule has 0 spiro atoms. The van der Waals surface area contributed by atoms with E-state index < -0.39 is 0 Å². The minimum atomic E-state index is -0.350. The summed E-state index contributed by atoms with van der Waals surface area (Å²) in [5.74, 6) is -0.185. The first-order chi connectivity index (χ1) is 8.97. The van der Waals surface area contributed by atoms with Crippen molar-refractivity contribution in [3.8, 4) is 0 Å². The van der Waals surface area contributed by atoms with Crippen LogP contribution < -0.4 is 11.1 Å². The Morgan fingerprint density at radius 1 is 1.32 bits per heavy atom. The zero-order valence-electron chi connectivity index (χ0n) is 10.6. The molecule has 0 aliphatic rings. The molecule has 0 fully saturated rings. The van der Waals surface area contributed by atoms with Crippen LogP contribution in [-0.2, 0) is 0 Å². The van der Waals surface area contributed by atoms with Gasteiger partial charge >= 0.3 is 0 Å². The molecule has 1 aromatic carbocycles. The monoisotopic (exact) mass is 276 g/mol. The highest BCUT2D eigenvalue weighted by molar-refractivity contribution is 6.29. The molecule has 0 saturated heterocycles. The Balaban J connectivity index is 2.31. The number of aromatic nitrogens is 2. The summed E-state index contributed by atoms with van der Waals surface area (Å²) in [5.41, 5.74) is 8.10. The van der Waals surface area contributed by atoms with Gasteiger partial charge in [-0.05, 0) is 31.5 Å². The van der Waals surface area contributed by atoms with Gasteiger partial charge in [-0.1, -0.05) is 23.7 Å². The number of nitrogens with one attached hydrogen (secondary N) is 1. The van der Waals surface area contributed by atoms with Gasteiger partial charge in [-0.3, -0.25) is 10.1 Å². The van der Waals surface area contributed by atoms with Gasteiger partial charge in [0.25, 0.3) is 5.91 Å². The van der Waals surface area contributed by atoms with E-state index in [2.05, 4.69) is 15.3 Å². The van der Waals surface area contributed by atoms with Crippen LogP contribution in [0, 0.1) is 13.8 Å². The zero-order chi connectivity index (χ0) is 14.0. The van der Waals surface area contributed by atoms with E-state index in [1.165, 1.54) is 0 Å². The molecule has 0 bridgehead atoms. The van der Waals surface area contributed by atoms with Gasteiger partial charge in [-0.25, -0.2) is 9.97 Å². The highest BCUT2D eigenvalue weighted by atomic mass is 35.5. The number of hydrogen-bond donors (Lipinski definition) is 2. The number of halogens is 1. The third-order valence-electron chi connectivity index (χ3n) is 2.58. The van der Waals surface area contributed by atoms with E-state index in [0.29, 0.717) is 16.9 Å². The first-order valence-corrected chi connectivity index (χ1v) is 6.03. The Hall–Kier alpha value is -2.14. The summed E-state index contributed by atoms with van der Waals surface area (Å²) < 4.78 is 0. The molecule has 0 atom stereocenters. The molecule has 0 aliphatic carbocycles. The molecule has 5 nitrogen and oxygen atoms in total. The summed E-state index contributed by atoms with van der Waals surface area (Å²) in [5, 5.41) is 2.87. The van der Waals surface area contributed by atoms with Crippen molar-refractivity contribution < 1.29 is 4.79 Å². The van der Waals surface area contributed by atoms with E-state index in [-0.39, 0.29) is 17.0 Å². The lowest BCUT2D eigenvalue weighted by Crippen LogP contribution is -2.17. The maximum absolute atomic E-state index is 12.2. The van der Waals surface area contributed by atoms with Crippen LogP contribution in [0.15, 0.2) is 24.3 Å². The van der Waals surface area contributed by atoms with E-state index in [9.17, 15) is 4.79 Å². The fourth-order valence-corrected chi connectivity index (χ4v) is 1.99. The molecular formula is C13H13ClN4O. The Morgan fingerprint density at radius 2 is 2.05 bits per heavy atom. The van der Waals surface area contributed by atoms with Crippen LogP contribution in [0.3, 0.4) is 0 Å². The lowest BCUT2D eigenvalue weighted by Gasteiger charge is -2.09. The standard InChI is InChI=1S/C13H13ClN4O/c1-7-4-3-5-9(15)11(7)12(19)18-13-16-8(2)6-10(14)17-13/h3-6H,15H2,1-2H3,(H,16,17,18,19). The second-order valence-corrected chi connectivity index (χ2v) is 4.54. The summed E-state index contributed by atoms with van der Waals surface area (Å²) in [4.78, 5) is 20.2. The number of nitrogens with zero attached hydrogens (tertiary/aromatic N) is 2. The molecule has 2 rings (SSSR count). The van der Waals surface area contributed by atoms with Crippen molar-refractivity contribution in [2.75, 3.05) is 11.1 Å². The number of nitrogens with two attached hydrogens (primary N) is 1. The van der Waals surface area contributed by atoms with Gasteiger partial charge in [0.2, 0.25) is 5.95 Å². The Labute approximate surface area is 115 Å². The van der Waals surface area contributed by atoms with Crippen molar-refractivity contribution in [1.29, 1.82) is 0 Å². The summed E-state index contributed by atoms with van der Waals surface area (Å²) >= 11 is 5.82. The number of aryl methyl sites for hydroxylation is 2. The first-order valence-electron chi connectivity index (χ1n) is 5.65. The largest absolute Gasteiger partial charge is 0.398 e. The molecule has 2 aromatic rings. The molecule has 98 valence electrons. The number of carbonyl (C=O) groups excluding carboxylic acids is 1. The molecular weight excluding hydrogens is 264 g/mol. The Morgan fingerprint density at radius 3 is 2.68 bits per heavy atom. The second-order valence-electron chi connectivity index (χ2n) is 4.15. The second kappa shape index (κ2) is 5.24. The molecule has 0 radical (unpaired) electrons. The minimum Gasteiger partial charge on any atom is -0.398 e.